The highest BCUT2D eigenvalue weighted by Gasteiger charge is 2.07. The van der Waals surface area contributed by atoms with Crippen molar-refractivity contribution >= 4 is 21.6 Å². The van der Waals surface area contributed by atoms with Crippen LogP contribution in [0.2, 0.25) is 0 Å². The summed E-state index contributed by atoms with van der Waals surface area (Å²) < 4.78 is 14.7. The van der Waals surface area contributed by atoms with E-state index in [1.165, 1.54) is 6.07 Å². The van der Waals surface area contributed by atoms with Crippen LogP contribution in [0.5, 0.6) is 0 Å². The number of hydrogen-bond donors (Lipinski definition) is 1. The minimum absolute atomic E-state index is 0.0708. The fourth-order valence-electron chi connectivity index (χ4n) is 1.60. The first-order chi connectivity index (χ1) is 8.72. The van der Waals surface area contributed by atoms with Gasteiger partial charge in [-0.25, -0.2) is 4.39 Å². The molecule has 90 valence electrons. The lowest BCUT2D eigenvalue weighted by atomic mass is 10.1. The Balaban J connectivity index is 2.17. The standard InChI is InChI=1S/C14H10BrFN2/c15-12-6-1-2-7-13(12)18-9-11-5-3-4-10(8-17)14(11)16/h1-7,18H,9H2. The fraction of sp³-hybridized carbons (Fsp3) is 0.0714. The monoisotopic (exact) mass is 304 g/mol. The van der Waals surface area contributed by atoms with Gasteiger partial charge in [0.2, 0.25) is 0 Å². The predicted octanol–water partition coefficient (Wildman–Crippen LogP) is 4.07. The van der Waals surface area contributed by atoms with Crippen LogP contribution in [0.1, 0.15) is 11.1 Å². The molecular formula is C14H10BrFN2. The lowest BCUT2D eigenvalue weighted by molar-refractivity contribution is 0.609. The number of rotatable bonds is 3. The summed E-state index contributed by atoms with van der Waals surface area (Å²) in [4.78, 5) is 0. The van der Waals surface area contributed by atoms with Crippen molar-refractivity contribution in [2.75, 3.05) is 5.32 Å². The molecule has 0 aromatic heterocycles. The maximum Gasteiger partial charge on any atom is 0.145 e. The van der Waals surface area contributed by atoms with Crippen molar-refractivity contribution in [2.24, 2.45) is 0 Å². The maximum absolute atomic E-state index is 13.8. The molecule has 0 bridgehead atoms. The van der Waals surface area contributed by atoms with Gasteiger partial charge < -0.3 is 5.32 Å². The van der Waals surface area contributed by atoms with Gasteiger partial charge in [0.25, 0.3) is 0 Å². The number of anilines is 1. The highest BCUT2D eigenvalue weighted by Crippen LogP contribution is 2.22. The first kappa shape index (κ1) is 12.6. The summed E-state index contributed by atoms with van der Waals surface area (Å²) in [6.45, 7) is 0.337. The SMILES string of the molecule is N#Cc1cccc(CNc2ccccc2Br)c1F. The topological polar surface area (TPSA) is 35.8 Å². The molecule has 0 saturated heterocycles. The normalized spacial score (nSPS) is 9.83. The van der Waals surface area contributed by atoms with E-state index in [4.69, 9.17) is 5.26 Å². The second kappa shape index (κ2) is 5.65. The second-order valence-electron chi connectivity index (χ2n) is 3.72. The number of halogens is 2. The predicted molar refractivity (Wildman–Crippen MR) is 72.6 cm³/mol. The van der Waals surface area contributed by atoms with Crippen LogP contribution in [0.4, 0.5) is 10.1 Å². The van der Waals surface area contributed by atoms with Crippen LogP contribution in [-0.4, -0.2) is 0 Å². The Bertz CT molecular complexity index is 605. The summed E-state index contributed by atoms with van der Waals surface area (Å²) in [5, 5.41) is 11.9. The molecule has 0 unspecified atom stereocenters. The van der Waals surface area contributed by atoms with Crippen LogP contribution in [0.15, 0.2) is 46.9 Å². The van der Waals surface area contributed by atoms with Gasteiger partial charge in [0.15, 0.2) is 0 Å². The van der Waals surface area contributed by atoms with Gasteiger partial charge in [-0.05, 0) is 34.1 Å². The van der Waals surface area contributed by atoms with Gasteiger partial charge >= 0.3 is 0 Å². The summed E-state index contributed by atoms with van der Waals surface area (Å²) in [7, 11) is 0. The van der Waals surface area contributed by atoms with E-state index in [1.54, 1.807) is 12.1 Å². The molecule has 2 aromatic rings. The third kappa shape index (κ3) is 2.69. The van der Waals surface area contributed by atoms with Gasteiger partial charge in [0.1, 0.15) is 11.9 Å². The summed E-state index contributed by atoms with van der Waals surface area (Å²) in [6, 6.07) is 14.3. The maximum atomic E-state index is 13.8. The molecule has 0 aliphatic heterocycles. The van der Waals surface area contributed by atoms with Crippen LogP contribution < -0.4 is 5.32 Å². The second-order valence-corrected chi connectivity index (χ2v) is 4.58. The molecule has 0 heterocycles. The molecule has 1 N–H and O–H groups in total. The molecule has 0 atom stereocenters. The zero-order chi connectivity index (χ0) is 13.0. The van der Waals surface area contributed by atoms with Crippen molar-refractivity contribution in [1.82, 2.24) is 0 Å². The van der Waals surface area contributed by atoms with E-state index in [0.717, 1.165) is 10.2 Å². The van der Waals surface area contributed by atoms with Crippen LogP contribution in [0.25, 0.3) is 0 Å². The third-order valence-electron chi connectivity index (χ3n) is 2.54. The molecule has 0 spiro atoms. The highest BCUT2D eigenvalue weighted by molar-refractivity contribution is 9.10. The van der Waals surface area contributed by atoms with Crippen molar-refractivity contribution in [3.63, 3.8) is 0 Å². The Morgan fingerprint density at radius 1 is 1.17 bits per heavy atom. The molecule has 0 aliphatic carbocycles. The molecule has 0 radical (unpaired) electrons. The van der Waals surface area contributed by atoms with Crippen molar-refractivity contribution < 1.29 is 4.39 Å². The number of nitriles is 1. The van der Waals surface area contributed by atoms with Crippen molar-refractivity contribution in [2.45, 2.75) is 6.54 Å². The van der Waals surface area contributed by atoms with Gasteiger partial charge in [-0.15, -0.1) is 0 Å². The van der Waals surface area contributed by atoms with Gasteiger partial charge in [-0.2, -0.15) is 5.26 Å². The average Bonchev–Trinajstić information content (AvgIpc) is 2.39. The number of nitrogens with zero attached hydrogens (tertiary/aromatic N) is 1. The summed E-state index contributed by atoms with van der Waals surface area (Å²) >= 11 is 3.41. The smallest absolute Gasteiger partial charge is 0.145 e. The Morgan fingerprint density at radius 2 is 1.94 bits per heavy atom. The molecule has 0 saturated carbocycles. The molecule has 0 amide bonds. The van der Waals surface area contributed by atoms with Crippen LogP contribution in [-0.2, 0) is 6.54 Å². The minimum atomic E-state index is -0.459. The number of benzene rings is 2. The van der Waals surface area contributed by atoms with E-state index in [-0.39, 0.29) is 5.56 Å². The molecule has 4 heteroatoms. The van der Waals surface area contributed by atoms with E-state index < -0.39 is 5.82 Å². The first-order valence-electron chi connectivity index (χ1n) is 5.38. The number of para-hydroxylation sites is 1. The third-order valence-corrected chi connectivity index (χ3v) is 3.23. The number of nitrogens with one attached hydrogen (secondary N) is 1. The van der Waals surface area contributed by atoms with Gasteiger partial charge in [0, 0.05) is 22.3 Å². The minimum Gasteiger partial charge on any atom is -0.380 e. The van der Waals surface area contributed by atoms with E-state index >= 15 is 0 Å². The van der Waals surface area contributed by atoms with Crippen LogP contribution in [0.3, 0.4) is 0 Å². The van der Waals surface area contributed by atoms with Gasteiger partial charge in [0.05, 0.1) is 5.56 Å². The molecule has 0 aliphatic rings. The Morgan fingerprint density at radius 3 is 2.67 bits per heavy atom. The van der Waals surface area contributed by atoms with E-state index in [0.29, 0.717) is 12.1 Å². The van der Waals surface area contributed by atoms with Crippen molar-refractivity contribution in [1.29, 1.82) is 5.26 Å². The average molecular weight is 305 g/mol. The molecule has 2 aromatic carbocycles. The first-order valence-corrected chi connectivity index (χ1v) is 6.17. The number of hydrogen-bond acceptors (Lipinski definition) is 2. The summed E-state index contributed by atoms with van der Waals surface area (Å²) in [6.07, 6.45) is 0. The molecule has 2 rings (SSSR count). The lowest BCUT2D eigenvalue weighted by Crippen LogP contribution is -2.03. The molecule has 2 nitrogen and oxygen atoms in total. The fourth-order valence-corrected chi connectivity index (χ4v) is 2.02. The van der Waals surface area contributed by atoms with E-state index in [9.17, 15) is 4.39 Å². The van der Waals surface area contributed by atoms with Gasteiger partial charge in [-0.1, -0.05) is 24.3 Å². The van der Waals surface area contributed by atoms with Crippen molar-refractivity contribution in [3.05, 3.63) is 63.9 Å². The van der Waals surface area contributed by atoms with Gasteiger partial charge in [-0.3, -0.25) is 0 Å². The lowest BCUT2D eigenvalue weighted by Gasteiger charge is -2.09. The molecule has 0 fully saturated rings. The van der Waals surface area contributed by atoms with Crippen molar-refractivity contribution in [3.8, 4) is 6.07 Å². The largest absolute Gasteiger partial charge is 0.380 e. The van der Waals surface area contributed by atoms with Crippen LogP contribution in [0, 0.1) is 17.1 Å². The Labute approximate surface area is 113 Å². The molecular weight excluding hydrogens is 295 g/mol. The zero-order valence-electron chi connectivity index (χ0n) is 9.45. The Hall–Kier alpha value is -1.86. The zero-order valence-corrected chi connectivity index (χ0v) is 11.0. The van der Waals surface area contributed by atoms with Crippen LogP contribution >= 0.6 is 15.9 Å². The highest BCUT2D eigenvalue weighted by atomic mass is 79.9. The summed E-state index contributed by atoms with van der Waals surface area (Å²) in [5.41, 5.74) is 1.44. The summed E-state index contributed by atoms with van der Waals surface area (Å²) in [5.74, 6) is -0.459. The quantitative estimate of drug-likeness (QED) is 0.927. The molecule has 18 heavy (non-hydrogen) atoms. The Kier molecular flexibility index (Phi) is 3.96. The van der Waals surface area contributed by atoms with E-state index in [2.05, 4.69) is 21.2 Å². The van der Waals surface area contributed by atoms with E-state index in [1.807, 2.05) is 30.3 Å².